The fourth-order valence-electron chi connectivity index (χ4n) is 2.27. The van der Waals surface area contributed by atoms with Crippen molar-refractivity contribution in [3.63, 3.8) is 0 Å². The van der Waals surface area contributed by atoms with Crippen molar-refractivity contribution in [3.8, 4) is 5.75 Å². The Morgan fingerprint density at radius 3 is 2.35 bits per heavy atom. The Labute approximate surface area is 121 Å². The van der Waals surface area contributed by atoms with Crippen LogP contribution in [0.3, 0.4) is 0 Å². The molecule has 0 radical (unpaired) electrons. The van der Waals surface area contributed by atoms with Gasteiger partial charge in [0.1, 0.15) is 5.75 Å². The monoisotopic (exact) mass is 279 g/mol. The van der Waals surface area contributed by atoms with Crippen LogP contribution in [0.4, 0.5) is 0 Å². The molecule has 4 nitrogen and oxygen atoms in total. The molecule has 0 saturated carbocycles. The second kappa shape index (κ2) is 8.59. The van der Waals surface area contributed by atoms with E-state index in [9.17, 15) is 4.79 Å². The summed E-state index contributed by atoms with van der Waals surface area (Å²) in [6.45, 7) is 7.20. The number of hydrogen-bond donors (Lipinski definition) is 1. The number of likely N-dealkylation sites (tertiary alicyclic amines) is 1. The molecule has 0 aliphatic carbocycles. The highest BCUT2D eigenvalue weighted by Gasteiger charge is 2.13. The molecule has 1 aromatic rings. The van der Waals surface area contributed by atoms with Gasteiger partial charge in [-0.25, -0.2) is 0 Å². The van der Waals surface area contributed by atoms with Crippen LogP contribution in [0.5, 0.6) is 5.75 Å². The normalized spacial score (nSPS) is 14.8. The van der Waals surface area contributed by atoms with Crippen molar-refractivity contribution in [2.24, 2.45) is 0 Å². The Morgan fingerprint density at radius 2 is 1.90 bits per heavy atom. The molecule has 1 aromatic carbocycles. The van der Waals surface area contributed by atoms with Crippen LogP contribution in [0.2, 0.25) is 0 Å². The van der Waals surface area contributed by atoms with Crippen LogP contribution in [0.25, 0.3) is 0 Å². The van der Waals surface area contributed by atoms with Crippen molar-refractivity contribution in [1.82, 2.24) is 4.90 Å². The molecule has 0 atom stereocenters. The zero-order valence-electron chi connectivity index (χ0n) is 12.6. The van der Waals surface area contributed by atoms with E-state index in [0.717, 1.165) is 6.04 Å². The van der Waals surface area contributed by atoms with E-state index < -0.39 is 5.97 Å². The molecule has 1 heterocycles. The average molecular weight is 279 g/mol. The lowest BCUT2D eigenvalue weighted by Crippen LogP contribution is -2.26. The summed E-state index contributed by atoms with van der Waals surface area (Å²) in [5.74, 6) is -0.223. The van der Waals surface area contributed by atoms with Crippen LogP contribution < -0.4 is 4.74 Å². The summed E-state index contributed by atoms with van der Waals surface area (Å²) in [6, 6.07) is 7.87. The highest BCUT2D eigenvalue weighted by molar-refractivity contribution is 5.71. The first-order valence-corrected chi connectivity index (χ1v) is 7.12. The van der Waals surface area contributed by atoms with Crippen molar-refractivity contribution in [2.75, 3.05) is 20.2 Å². The molecular formula is C16H25NO3. The SMILES string of the molecule is CC(C)N1CCCC1.COc1ccccc1CC(=O)O. The van der Waals surface area contributed by atoms with Crippen molar-refractivity contribution < 1.29 is 14.6 Å². The molecule has 0 amide bonds. The summed E-state index contributed by atoms with van der Waals surface area (Å²) >= 11 is 0. The van der Waals surface area contributed by atoms with E-state index in [4.69, 9.17) is 9.84 Å². The van der Waals surface area contributed by atoms with Crippen molar-refractivity contribution in [3.05, 3.63) is 29.8 Å². The Balaban J connectivity index is 0.000000217. The van der Waals surface area contributed by atoms with E-state index in [2.05, 4.69) is 18.7 Å². The molecule has 0 spiro atoms. The minimum Gasteiger partial charge on any atom is -0.496 e. The van der Waals surface area contributed by atoms with Gasteiger partial charge < -0.3 is 14.7 Å². The standard InChI is InChI=1S/C9H10O3.C7H15N/c1-12-8-5-3-2-4-7(8)6-9(10)11;1-7(2)8-5-3-4-6-8/h2-5H,6H2,1H3,(H,10,11);7H,3-6H2,1-2H3. The van der Waals surface area contributed by atoms with Gasteiger partial charge in [0.05, 0.1) is 13.5 Å². The number of methoxy groups -OCH3 is 1. The first-order chi connectivity index (χ1) is 9.54. The Kier molecular flexibility index (Phi) is 7.09. The van der Waals surface area contributed by atoms with Gasteiger partial charge in [-0.15, -0.1) is 0 Å². The molecule has 4 heteroatoms. The number of hydrogen-bond acceptors (Lipinski definition) is 3. The number of rotatable bonds is 4. The minimum absolute atomic E-state index is 0.00398. The van der Waals surface area contributed by atoms with Crippen molar-refractivity contribution in [2.45, 2.75) is 39.2 Å². The number of carboxylic acids is 1. The summed E-state index contributed by atoms with van der Waals surface area (Å²) in [4.78, 5) is 12.9. The van der Waals surface area contributed by atoms with Crippen LogP contribution in [-0.2, 0) is 11.2 Å². The summed E-state index contributed by atoms with van der Waals surface area (Å²) < 4.78 is 4.98. The number of carboxylic acid groups (broad SMARTS) is 1. The first-order valence-electron chi connectivity index (χ1n) is 7.12. The van der Waals surface area contributed by atoms with E-state index in [1.807, 2.05) is 6.07 Å². The molecular weight excluding hydrogens is 254 g/mol. The smallest absolute Gasteiger partial charge is 0.307 e. The zero-order valence-corrected chi connectivity index (χ0v) is 12.6. The molecule has 1 aliphatic heterocycles. The Morgan fingerprint density at radius 1 is 1.30 bits per heavy atom. The lowest BCUT2D eigenvalue weighted by molar-refractivity contribution is -0.136. The quantitative estimate of drug-likeness (QED) is 0.920. The van der Waals surface area contributed by atoms with Gasteiger partial charge in [-0.05, 0) is 45.8 Å². The Bertz CT molecular complexity index is 412. The summed E-state index contributed by atoms with van der Waals surface area (Å²) in [7, 11) is 1.53. The molecule has 1 fully saturated rings. The van der Waals surface area contributed by atoms with Gasteiger partial charge in [0.25, 0.3) is 0 Å². The van der Waals surface area contributed by atoms with E-state index in [0.29, 0.717) is 11.3 Å². The largest absolute Gasteiger partial charge is 0.496 e. The summed E-state index contributed by atoms with van der Waals surface area (Å²) in [5, 5.41) is 8.53. The third-order valence-corrected chi connectivity index (χ3v) is 3.41. The summed E-state index contributed by atoms with van der Waals surface area (Å²) in [6.07, 6.45) is 2.83. The third-order valence-electron chi connectivity index (χ3n) is 3.41. The second-order valence-electron chi connectivity index (χ2n) is 5.22. The molecule has 1 aliphatic rings. The average Bonchev–Trinajstić information content (AvgIpc) is 2.93. The van der Waals surface area contributed by atoms with Gasteiger partial charge in [-0.2, -0.15) is 0 Å². The van der Waals surface area contributed by atoms with E-state index >= 15 is 0 Å². The molecule has 20 heavy (non-hydrogen) atoms. The van der Waals surface area contributed by atoms with Crippen molar-refractivity contribution >= 4 is 5.97 Å². The lowest BCUT2D eigenvalue weighted by Gasteiger charge is -2.18. The van der Waals surface area contributed by atoms with E-state index in [1.165, 1.54) is 33.0 Å². The van der Waals surface area contributed by atoms with Gasteiger partial charge >= 0.3 is 5.97 Å². The van der Waals surface area contributed by atoms with Crippen LogP contribution in [0.15, 0.2) is 24.3 Å². The molecule has 1 saturated heterocycles. The number of nitrogens with zero attached hydrogens (tertiary/aromatic N) is 1. The molecule has 2 rings (SSSR count). The minimum atomic E-state index is -0.848. The van der Waals surface area contributed by atoms with Crippen LogP contribution in [-0.4, -0.2) is 42.2 Å². The predicted octanol–water partition coefficient (Wildman–Crippen LogP) is 2.81. The maximum absolute atomic E-state index is 10.4. The fraction of sp³-hybridized carbons (Fsp3) is 0.562. The van der Waals surface area contributed by atoms with Crippen LogP contribution in [0, 0.1) is 0 Å². The highest BCUT2D eigenvalue weighted by atomic mass is 16.5. The Hall–Kier alpha value is -1.55. The number of carbonyl (C=O) groups is 1. The number of para-hydroxylation sites is 1. The maximum atomic E-state index is 10.4. The molecule has 1 N–H and O–H groups in total. The summed E-state index contributed by atoms with van der Waals surface area (Å²) in [5.41, 5.74) is 0.701. The molecule has 0 bridgehead atoms. The number of aliphatic carboxylic acids is 1. The van der Waals surface area contributed by atoms with E-state index in [-0.39, 0.29) is 6.42 Å². The topological polar surface area (TPSA) is 49.8 Å². The molecule has 112 valence electrons. The zero-order chi connectivity index (χ0) is 15.0. The van der Waals surface area contributed by atoms with Crippen molar-refractivity contribution in [1.29, 1.82) is 0 Å². The van der Waals surface area contributed by atoms with Gasteiger partial charge in [0.2, 0.25) is 0 Å². The van der Waals surface area contributed by atoms with E-state index in [1.54, 1.807) is 18.2 Å². The number of ether oxygens (including phenoxy) is 1. The number of benzene rings is 1. The second-order valence-corrected chi connectivity index (χ2v) is 5.22. The van der Waals surface area contributed by atoms with Crippen LogP contribution >= 0.6 is 0 Å². The molecule has 0 aromatic heterocycles. The van der Waals surface area contributed by atoms with Crippen LogP contribution in [0.1, 0.15) is 32.3 Å². The third kappa shape index (κ3) is 5.61. The first kappa shape index (κ1) is 16.5. The lowest BCUT2D eigenvalue weighted by atomic mass is 10.1. The van der Waals surface area contributed by atoms with Gasteiger partial charge in [-0.3, -0.25) is 4.79 Å². The fourth-order valence-corrected chi connectivity index (χ4v) is 2.27. The van der Waals surface area contributed by atoms with Gasteiger partial charge in [0.15, 0.2) is 0 Å². The predicted molar refractivity (Wildman–Crippen MR) is 80.3 cm³/mol. The van der Waals surface area contributed by atoms with Gasteiger partial charge in [0, 0.05) is 11.6 Å². The van der Waals surface area contributed by atoms with Gasteiger partial charge in [-0.1, -0.05) is 18.2 Å². The molecule has 0 unspecified atom stereocenters. The highest BCUT2D eigenvalue weighted by Crippen LogP contribution is 2.17. The maximum Gasteiger partial charge on any atom is 0.307 e.